The van der Waals surface area contributed by atoms with E-state index in [1.165, 1.54) is 7.11 Å². The Balaban J connectivity index is 2.17. The average molecular weight is 259 g/mol. The van der Waals surface area contributed by atoms with Gasteiger partial charge in [-0.15, -0.1) is 0 Å². The molecular weight excluding hydrogens is 242 g/mol. The second kappa shape index (κ2) is 5.80. The van der Waals surface area contributed by atoms with E-state index in [-0.39, 0.29) is 11.9 Å². The lowest BCUT2D eigenvalue weighted by Gasteiger charge is -2.15. The van der Waals surface area contributed by atoms with Gasteiger partial charge in [0.1, 0.15) is 0 Å². The number of carbonyl (C=O) groups is 1. The van der Waals surface area contributed by atoms with Gasteiger partial charge in [0.05, 0.1) is 24.6 Å². The molecule has 0 aliphatic carbocycles. The van der Waals surface area contributed by atoms with Crippen molar-refractivity contribution >= 4 is 16.9 Å². The maximum Gasteiger partial charge on any atom is 0.308 e. The number of carbonyl (C=O) groups excluding carboxylic acids is 1. The standard InChI is InChI=1S/C15H17NO3/c1-10(15(18)19-2)8-14(17)12-5-6-13-11(9-12)4-3-7-16-13/h3-7,9-10,14,17H,8H2,1-2H3. The van der Waals surface area contributed by atoms with Crippen LogP contribution in [0.3, 0.4) is 0 Å². The fourth-order valence-electron chi connectivity index (χ4n) is 2.07. The number of esters is 1. The van der Waals surface area contributed by atoms with Crippen molar-refractivity contribution in [1.29, 1.82) is 0 Å². The van der Waals surface area contributed by atoms with E-state index >= 15 is 0 Å². The highest BCUT2D eigenvalue weighted by Crippen LogP contribution is 2.24. The van der Waals surface area contributed by atoms with Gasteiger partial charge in [-0.1, -0.05) is 19.1 Å². The van der Waals surface area contributed by atoms with Gasteiger partial charge in [0, 0.05) is 11.6 Å². The van der Waals surface area contributed by atoms with Crippen LogP contribution in [0.5, 0.6) is 0 Å². The first kappa shape index (κ1) is 13.5. The molecule has 0 aliphatic heterocycles. The maximum atomic E-state index is 11.3. The number of rotatable bonds is 4. The van der Waals surface area contributed by atoms with Crippen molar-refractivity contribution in [3.05, 3.63) is 42.1 Å². The SMILES string of the molecule is COC(=O)C(C)CC(O)c1ccc2ncccc2c1. The summed E-state index contributed by atoms with van der Waals surface area (Å²) in [5.74, 6) is -0.633. The lowest BCUT2D eigenvalue weighted by Crippen LogP contribution is -2.16. The molecule has 19 heavy (non-hydrogen) atoms. The smallest absolute Gasteiger partial charge is 0.308 e. The van der Waals surface area contributed by atoms with E-state index in [1.54, 1.807) is 13.1 Å². The third-order valence-electron chi connectivity index (χ3n) is 3.19. The topological polar surface area (TPSA) is 59.4 Å². The van der Waals surface area contributed by atoms with Crippen molar-refractivity contribution in [2.45, 2.75) is 19.4 Å². The van der Waals surface area contributed by atoms with E-state index < -0.39 is 6.10 Å². The molecule has 0 radical (unpaired) electrons. The molecule has 4 nitrogen and oxygen atoms in total. The number of hydrogen-bond acceptors (Lipinski definition) is 4. The fraction of sp³-hybridized carbons (Fsp3) is 0.333. The Labute approximate surface area is 112 Å². The van der Waals surface area contributed by atoms with E-state index in [0.717, 1.165) is 16.5 Å². The molecule has 0 saturated heterocycles. The van der Waals surface area contributed by atoms with Gasteiger partial charge in [0.2, 0.25) is 0 Å². The molecule has 1 aromatic heterocycles. The Kier molecular flexibility index (Phi) is 4.12. The van der Waals surface area contributed by atoms with Crippen LogP contribution in [-0.4, -0.2) is 23.2 Å². The highest BCUT2D eigenvalue weighted by molar-refractivity contribution is 5.79. The van der Waals surface area contributed by atoms with E-state index in [1.807, 2.05) is 30.3 Å². The molecule has 0 saturated carbocycles. The average Bonchev–Trinajstić information content (AvgIpc) is 2.45. The van der Waals surface area contributed by atoms with Crippen LogP contribution >= 0.6 is 0 Å². The quantitative estimate of drug-likeness (QED) is 0.857. The van der Waals surface area contributed by atoms with Gasteiger partial charge in [-0.3, -0.25) is 9.78 Å². The molecule has 0 amide bonds. The number of aliphatic hydroxyl groups is 1. The number of pyridine rings is 1. The summed E-state index contributed by atoms with van der Waals surface area (Å²) in [6, 6.07) is 9.41. The molecule has 2 atom stereocenters. The van der Waals surface area contributed by atoms with Crippen LogP contribution in [0.1, 0.15) is 25.0 Å². The fourth-order valence-corrected chi connectivity index (χ4v) is 2.07. The number of nitrogens with zero attached hydrogens (tertiary/aromatic N) is 1. The Morgan fingerprint density at radius 2 is 2.21 bits per heavy atom. The Morgan fingerprint density at radius 3 is 2.95 bits per heavy atom. The second-order valence-electron chi connectivity index (χ2n) is 4.63. The first-order valence-corrected chi connectivity index (χ1v) is 6.22. The van der Waals surface area contributed by atoms with Crippen LogP contribution in [-0.2, 0) is 9.53 Å². The molecule has 2 rings (SSSR count). The second-order valence-corrected chi connectivity index (χ2v) is 4.63. The van der Waals surface area contributed by atoms with E-state index in [0.29, 0.717) is 6.42 Å². The van der Waals surface area contributed by atoms with E-state index in [4.69, 9.17) is 0 Å². The predicted octanol–water partition coefficient (Wildman–Crippen LogP) is 2.47. The maximum absolute atomic E-state index is 11.3. The summed E-state index contributed by atoms with van der Waals surface area (Å²) in [5, 5.41) is 11.1. The number of benzene rings is 1. The molecule has 100 valence electrons. The number of aliphatic hydroxyl groups excluding tert-OH is 1. The zero-order valence-electron chi connectivity index (χ0n) is 11.0. The lowest BCUT2D eigenvalue weighted by molar-refractivity contribution is -0.145. The lowest BCUT2D eigenvalue weighted by atomic mass is 9.97. The number of hydrogen-bond donors (Lipinski definition) is 1. The zero-order chi connectivity index (χ0) is 13.8. The first-order valence-electron chi connectivity index (χ1n) is 6.22. The Bertz CT molecular complexity index is 582. The minimum Gasteiger partial charge on any atom is -0.469 e. The molecular formula is C15H17NO3. The van der Waals surface area contributed by atoms with Crippen molar-refractivity contribution in [3.8, 4) is 0 Å². The van der Waals surface area contributed by atoms with Crippen LogP contribution in [0.15, 0.2) is 36.5 Å². The third-order valence-corrected chi connectivity index (χ3v) is 3.19. The van der Waals surface area contributed by atoms with Crippen LogP contribution in [0.25, 0.3) is 10.9 Å². The Hall–Kier alpha value is -1.94. The van der Waals surface area contributed by atoms with Gasteiger partial charge in [-0.25, -0.2) is 0 Å². The zero-order valence-corrected chi connectivity index (χ0v) is 11.0. The molecule has 1 heterocycles. The van der Waals surface area contributed by atoms with Gasteiger partial charge in [0.15, 0.2) is 0 Å². The van der Waals surface area contributed by atoms with Gasteiger partial charge in [-0.05, 0) is 30.2 Å². The van der Waals surface area contributed by atoms with Gasteiger partial charge in [0.25, 0.3) is 0 Å². The molecule has 0 bridgehead atoms. The van der Waals surface area contributed by atoms with E-state index in [2.05, 4.69) is 9.72 Å². The normalized spacial score (nSPS) is 14.1. The molecule has 1 aromatic carbocycles. The summed E-state index contributed by atoms with van der Waals surface area (Å²) in [6.45, 7) is 1.75. The summed E-state index contributed by atoms with van der Waals surface area (Å²) < 4.78 is 4.66. The minimum absolute atomic E-state index is 0.304. The van der Waals surface area contributed by atoms with Crippen molar-refractivity contribution < 1.29 is 14.6 Å². The van der Waals surface area contributed by atoms with Gasteiger partial charge >= 0.3 is 5.97 Å². The van der Waals surface area contributed by atoms with E-state index in [9.17, 15) is 9.90 Å². The largest absolute Gasteiger partial charge is 0.469 e. The number of ether oxygens (including phenoxy) is 1. The monoisotopic (exact) mass is 259 g/mol. The number of aromatic nitrogens is 1. The first-order chi connectivity index (χ1) is 9.11. The molecule has 0 aliphatic rings. The Morgan fingerprint density at radius 1 is 1.42 bits per heavy atom. The predicted molar refractivity (Wildman–Crippen MR) is 72.5 cm³/mol. The van der Waals surface area contributed by atoms with Crippen LogP contribution in [0.4, 0.5) is 0 Å². The van der Waals surface area contributed by atoms with Crippen LogP contribution < -0.4 is 0 Å². The number of methoxy groups -OCH3 is 1. The van der Waals surface area contributed by atoms with Crippen molar-refractivity contribution in [2.75, 3.05) is 7.11 Å². The summed E-state index contributed by atoms with van der Waals surface area (Å²) in [7, 11) is 1.35. The molecule has 4 heteroatoms. The molecule has 0 spiro atoms. The summed E-state index contributed by atoms with van der Waals surface area (Å²) in [6.07, 6.45) is 1.40. The molecule has 0 fully saturated rings. The van der Waals surface area contributed by atoms with Crippen molar-refractivity contribution in [3.63, 3.8) is 0 Å². The highest BCUT2D eigenvalue weighted by atomic mass is 16.5. The summed E-state index contributed by atoms with van der Waals surface area (Å²) in [4.78, 5) is 15.6. The van der Waals surface area contributed by atoms with Gasteiger partial charge in [-0.2, -0.15) is 0 Å². The minimum atomic E-state index is -0.682. The van der Waals surface area contributed by atoms with Gasteiger partial charge < -0.3 is 9.84 Å². The molecule has 2 unspecified atom stereocenters. The van der Waals surface area contributed by atoms with Crippen molar-refractivity contribution in [2.24, 2.45) is 5.92 Å². The summed E-state index contributed by atoms with van der Waals surface area (Å²) in [5.41, 5.74) is 1.68. The third kappa shape index (κ3) is 3.09. The van der Waals surface area contributed by atoms with Crippen molar-refractivity contribution in [1.82, 2.24) is 4.98 Å². The number of fused-ring (bicyclic) bond motifs is 1. The molecule has 2 aromatic rings. The summed E-state index contributed by atoms with van der Waals surface area (Å²) >= 11 is 0. The van der Waals surface area contributed by atoms with Crippen LogP contribution in [0.2, 0.25) is 0 Å². The van der Waals surface area contributed by atoms with Crippen LogP contribution in [0, 0.1) is 5.92 Å². The highest BCUT2D eigenvalue weighted by Gasteiger charge is 2.19. The molecule has 1 N–H and O–H groups in total.